The van der Waals surface area contributed by atoms with Gasteiger partial charge in [-0.1, -0.05) is 6.92 Å². The zero-order chi connectivity index (χ0) is 20.8. The Morgan fingerprint density at radius 3 is 2.26 bits per heavy atom. The lowest BCUT2D eigenvalue weighted by Gasteiger charge is -2.02. The molecule has 0 saturated heterocycles. The van der Waals surface area contributed by atoms with Gasteiger partial charge in [-0.2, -0.15) is 18.2 Å². The fraction of sp³-hybridized carbons (Fsp3) is 0.500. The maximum atomic E-state index is 11.8. The zero-order valence-corrected chi connectivity index (χ0v) is 15.8. The molecule has 2 aromatic rings. The van der Waals surface area contributed by atoms with Crippen LogP contribution in [0.3, 0.4) is 0 Å². The maximum absolute atomic E-state index is 11.8. The van der Waals surface area contributed by atoms with E-state index in [-0.39, 0.29) is 6.03 Å². The molecule has 2 rings (SSSR count). The van der Waals surface area contributed by atoms with Crippen molar-refractivity contribution < 1.29 is 27.9 Å². The number of carboxylic acid groups (broad SMARTS) is 1. The predicted octanol–water partition coefficient (Wildman–Crippen LogP) is 2.41. The Morgan fingerprint density at radius 1 is 1.26 bits per heavy atom. The second kappa shape index (κ2) is 9.30. The minimum atomic E-state index is -5.08. The van der Waals surface area contributed by atoms with Crippen LogP contribution in [0, 0.1) is 13.8 Å². The number of aryl methyl sites for hydroxylation is 4. The Hall–Kier alpha value is -2.70. The number of hydrogen-bond donors (Lipinski definition) is 3. The summed E-state index contributed by atoms with van der Waals surface area (Å²) in [6.45, 7) is 6.36. The standard InChI is InChI=1S/C12H18N6OS.C2HF3O2/c1-5-9-15-11(17-18(9)4)16-12(19)13-6-10-14-7(2)8(3)20-10;3-2(4,5)1(6)7/h5-6H2,1-4H3,(H2,13,16,17,19);(H,6,7). The number of alkyl halides is 3. The van der Waals surface area contributed by atoms with Crippen LogP contribution in [-0.2, 0) is 24.8 Å². The second-order valence-electron chi connectivity index (χ2n) is 5.19. The topological polar surface area (TPSA) is 122 Å². The number of carbonyl (C=O) groups excluding carboxylic acids is 1. The fourth-order valence-corrected chi connectivity index (χ4v) is 2.57. The van der Waals surface area contributed by atoms with E-state index in [1.807, 2.05) is 20.8 Å². The molecule has 3 N–H and O–H groups in total. The van der Waals surface area contributed by atoms with Crippen LogP contribution < -0.4 is 10.6 Å². The SMILES string of the molecule is CCc1nc(NC(=O)NCc2nc(C)c(C)s2)nn1C.O=C(O)C(F)(F)F. The minimum absolute atomic E-state index is 0.313. The first-order valence-electron chi connectivity index (χ1n) is 7.61. The van der Waals surface area contributed by atoms with Gasteiger partial charge in [-0.25, -0.2) is 14.6 Å². The molecule has 0 aliphatic rings. The maximum Gasteiger partial charge on any atom is 0.490 e. The van der Waals surface area contributed by atoms with Gasteiger partial charge >= 0.3 is 18.2 Å². The third kappa shape index (κ3) is 7.21. The molecule has 0 aliphatic heterocycles. The van der Waals surface area contributed by atoms with Gasteiger partial charge in [-0.3, -0.25) is 10.00 Å². The highest BCUT2D eigenvalue weighted by molar-refractivity contribution is 7.11. The highest BCUT2D eigenvalue weighted by Gasteiger charge is 2.38. The normalized spacial score (nSPS) is 10.8. The van der Waals surface area contributed by atoms with E-state index in [1.54, 1.807) is 23.1 Å². The summed E-state index contributed by atoms with van der Waals surface area (Å²) in [5.74, 6) is -1.62. The average molecular weight is 408 g/mol. The van der Waals surface area contributed by atoms with Crippen LogP contribution in [0.4, 0.5) is 23.9 Å². The number of carbonyl (C=O) groups is 2. The van der Waals surface area contributed by atoms with E-state index in [4.69, 9.17) is 9.90 Å². The second-order valence-corrected chi connectivity index (χ2v) is 6.48. The molecule has 2 amide bonds. The van der Waals surface area contributed by atoms with Crippen LogP contribution in [0.1, 0.15) is 28.3 Å². The summed E-state index contributed by atoms with van der Waals surface area (Å²) in [4.78, 5) is 30.4. The Balaban J connectivity index is 0.000000445. The van der Waals surface area contributed by atoms with Gasteiger partial charge in [-0.15, -0.1) is 16.4 Å². The molecule has 0 fully saturated rings. The van der Waals surface area contributed by atoms with Gasteiger partial charge in [-0.05, 0) is 13.8 Å². The number of halogens is 3. The summed E-state index contributed by atoms with van der Waals surface area (Å²) in [7, 11) is 1.80. The fourth-order valence-electron chi connectivity index (χ4n) is 1.69. The molecule has 0 radical (unpaired) electrons. The quantitative estimate of drug-likeness (QED) is 0.714. The molecule has 2 aromatic heterocycles. The molecule has 150 valence electrons. The molecule has 27 heavy (non-hydrogen) atoms. The van der Waals surface area contributed by atoms with Crippen LogP contribution in [0.5, 0.6) is 0 Å². The first kappa shape index (κ1) is 22.3. The number of urea groups is 1. The summed E-state index contributed by atoms with van der Waals surface area (Å²) < 4.78 is 33.4. The van der Waals surface area contributed by atoms with Crippen molar-refractivity contribution in [2.24, 2.45) is 7.05 Å². The molecule has 0 unspecified atom stereocenters. The minimum Gasteiger partial charge on any atom is -0.475 e. The number of rotatable bonds is 4. The molecule has 0 aliphatic carbocycles. The van der Waals surface area contributed by atoms with Crippen molar-refractivity contribution >= 4 is 29.3 Å². The van der Waals surface area contributed by atoms with E-state index in [0.29, 0.717) is 12.5 Å². The highest BCUT2D eigenvalue weighted by atomic mass is 32.1. The van der Waals surface area contributed by atoms with E-state index < -0.39 is 12.1 Å². The van der Waals surface area contributed by atoms with Gasteiger partial charge in [0.1, 0.15) is 10.8 Å². The van der Waals surface area contributed by atoms with Gasteiger partial charge in [0.2, 0.25) is 5.95 Å². The molecule has 0 atom stereocenters. The van der Waals surface area contributed by atoms with Crippen LogP contribution >= 0.6 is 11.3 Å². The lowest BCUT2D eigenvalue weighted by molar-refractivity contribution is -0.192. The lowest BCUT2D eigenvalue weighted by Crippen LogP contribution is -2.28. The van der Waals surface area contributed by atoms with Crippen LogP contribution in [0.15, 0.2) is 0 Å². The van der Waals surface area contributed by atoms with Gasteiger partial charge < -0.3 is 10.4 Å². The van der Waals surface area contributed by atoms with Crippen molar-refractivity contribution in [3.05, 3.63) is 21.4 Å². The molecule has 0 spiro atoms. The van der Waals surface area contributed by atoms with E-state index in [0.717, 1.165) is 22.9 Å². The smallest absolute Gasteiger partial charge is 0.475 e. The van der Waals surface area contributed by atoms with Crippen LogP contribution in [0.25, 0.3) is 0 Å². The number of hydrogen-bond acceptors (Lipinski definition) is 6. The van der Waals surface area contributed by atoms with Crippen molar-refractivity contribution in [3.8, 4) is 0 Å². The van der Waals surface area contributed by atoms with E-state index in [2.05, 4.69) is 25.7 Å². The van der Waals surface area contributed by atoms with E-state index in [1.165, 1.54) is 4.88 Å². The van der Waals surface area contributed by atoms with Gasteiger partial charge in [0.05, 0.1) is 12.2 Å². The number of nitrogens with one attached hydrogen (secondary N) is 2. The average Bonchev–Trinajstić information content (AvgIpc) is 3.07. The molecule has 9 nitrogen and oxygen atoms in total. The number of anilines is 1. The summed E-state index contributed by atoms with van der Waals surface area (Å²) in [5, 5.41) is 17.5. The number of carboxylic acids is 1. The van der Waals surface area contributed by atoms with Crippen molar-refractivity contribution in [3.63, 3.8) is 0 Å². The number of amides is 2. The number of aromatic nitrogens is 4. The Bertz CT molecular complexity index is 783. The lowest BCUT2D eigenvalue weighted by atomic mass is 10.4. The zero-order valence-electron chi connectivity index (χ0n) is 15.0. The first-order chi connectivity index (χ1) is 12.4. The van der Waals surface area contributed by atoms with Crippen molar-refractivity contribution in [2.45, 2.75) is 39.9 Å². The van der Waals surface area contributed by atoms with Crippen LogP contribution in [0.2, 0.25) is 0 Å². The van der Waals surface area contributed by atoms with Gasteiger partial charge in [0.15, 0.2) is 0 Å². The molecule has 0 aromatic carbocycles. The van der Waals surface area contributed by atoms with Crippen molar-refractivity contribution in [1.82, 2.24) is 25.1 Å². The molecule has 0 bridgehead atoms. The monoisotopic (exact) mass is 408 g/mol. The van der Waals surface area contributed by atoms with Gasteiger partial charge in [0.25, 0.3) is 0 Å². The predicted molar refractivity (Wildman–Crippen MR) is 91.5 cm³/mol. The summed E-state index contributed by atoms with van der Waals surface area (Å²) >= 11 is 1.58. The largest absolute Gasteiger partial charge is 0.490 e. The summed E-state index contributed by atoms with van der Waals surface area (Å²) in [6.07, 6.45) is -4.32. The molecule has 0 saturated carbocycles. The van der Waals surface area contributed by atoms with E-state index in [9.17, 15) is 18.0 Å². The Kier molecular flexibility index (Phi) is 7.69. The van der Waals surface area contributed by atoms with Crippen molar-refractivity contribution in [1.29, 1.82) is 0 Å². The third-order valence-electron chi connectivity index (χ3n) is 3.11. The van der Waals surface area contributed by atoms with Crippen LogP contribution in [-0.4, -0.2) is 43.0 Å². The molecule has 13 heteroatoms. The summed E-state index contributed by atoms with van der Waals surface area (Å²) in [6, 6.07) is -0.330. The number of thiazole rings is 1. The molecule has 2 heterocycles. The molecular weight excluding hydrogens is 389 g/mol. The molecular formula is C14H19F3N6O3S. The third-order valence-corrected chi connectivity index (χ3v) is 4.18. The number of nitrogens with zero attached hydrogens (tertiary/aromatic N) is 4. The first-order valence-corrected chi connectivity index (χ1v) is 8.43. The summed E-state index contributed by atoms with van der Waals surface area (Å²) in [5.41, 5.74) is 1.01. The Morgan fingerprint density at radius 2 is 1.85 bits per heavy atom. The van der Waals surface area contributed by atoms with E-state index >= 15 is 0 Å². The number of aliphatic carboxylic acids is 1. The van der Waals surface area contributed by atoms with Gasteiger partial charge in [0, 0.05) is 18.3 Å². The highest BCUT2D eigenvalue weighted by Crippen LogP contribution is 2.16. The Labute approximate surface area is 156 Å². The van der Waals surface area contributed by atoms with Crippen molar-refractivity contribution in [2.75, 3.05) is 5.32 Å².